The zero-order valence-electron chi connectivity index (χ0n) is 16.8. The maximum atomic E-state index is 13.2. The van der Waals surface area contributed by atoms with Crippen LogP contribution >= 0.6 is 0 Å². The van der Waals surface area contributed by atoms with Gasteiger partial charge >= 0.3 is 5.97 Å². The fourth-order valence-electron chi connectivity index (χ4n) is 3.17. The highest BCUT2D eigenvalue weighted by atomic mass is 32.2. The number of nitrogens with one attached hydrogen (secondary N) is 1. The summed E-state index contributed by atoms with van der Waals surface area (Å²) in [6.45, 7) is 4.11. The van der Waals surface area contributed by atoms with Gasteiger partial charge in [0.2, 0.25) is 0 Å². The molecule has 1 aliphatic rings. The van der Waals surface area contributed by atoms with Gasteiger partial charge in [0, 0.05) is 24.1 Å². The first-order chi connectivity index (χ1) is 14.2. The summed E-state index contributed by atoms with van der Waals surface area (Å²) in [5.41, 5.74) is 1.60. The summed E-state index contributed by atoms with van der Waals surface area (Å²) in [6.07, 6.45) is 2.95. The molecular formula is C21H23NO7S. The van der Waals surface area contributed by atoms with Crippen molar-refractivity contribution >= 4 is 27.8 Å². The second-order valence-corrected chi connectivity index (χ2v) is 8.36. The number of aliphatic carboxylic acids is 1. The minimum atomic E-state index is -4.08. The molecule has 160 valence electrons. The molecule has 30 heavy (non-hydrogen) atoms. The third kappa shape index (κ3) is 4.68. The van der Waals surface area contributed by atoms with Crippen molar-refractivity contribution in [3.63, 3.8) is 0 Å². The van der Waals surface area contributed by atoms with Crippen LogP contribution in [0.25, 0.3) is 6.08 Å². The number of benzene rings is 2. The van der Waals surface area contributed by atoms with Gasteiger partial charge in [-0.05, 0) is 43.7 Å². The molecule has 1 unspecified atom stereocenters. The number of fused-ring (bicyclic) bond motifs is 1. The molecule has 1 heterocycles. The summed E-state index contributed by atoms with van der Waals surface area (Å²) in [7, 11) is -2.72. The van der Waals surface area contributed by atoms with Crippen LogP contribution in [0.4, 0.5) is 5.69 Å². The van der Waals surface area contributed by atoms with Crippen LogP contribution < -0.4 is 18.9 Å². The first-order valence-corrected chi connectivity index (χ1v) is 10.8. The van der Waals surface area contributed by atoms with Crippen molar-refractivity contribution in [2.45, 2.75) is 31.3 Å². The van der Waals surface area contributed by atoms with Crippen LogP contribution in [0.1, 0.15) is 25.0 Å². The Morgan fingerprint density at radius 1 is 1.30 bits per heavy atom. The first kappa shape index (κ1) is 21.5. The van der Waals surface area contributed by atoms with Crippen molar-refractivity contribution in [2.75, 3.05) is 18.4 Å². The van der Waals surface area contributed by atoms with Crippen LogP contribution in [-0.4, -0.2) is 39.3 Å². The molecule has 0 saturated heterocycles. The molecule has 0 fully saturated rings. The van der Waals surface area contributed by atoms with E-state index in [9.17, 15) is 13.2 Å². The quantitative estimate of drug-likeness (QED) is 0.614. The van der Waals surface area contributed by atoms with Crippen molar-refractivity contribution in [1.29, 1.82) is 0 Å². The molecule has 1 aliphatic heterocycles. The van der Waals surface area contributed by atoms with E-state index in [1.807, 2.05) is 13.8 Å². The van der Waals surface area contributed by atoms with Crippen molar-refractivity contribution in [2.24, 2.45) is 0 Å². The van der Waals surface area contributed by atoms with E-state index in [1.165, 1.54) is 25.3 Å². The molecule has 0 radical (unpaired) electrons. The van der Waals surface area contributed by atoms with Crippen molar-refractivity contribution < 1.29 is 32.5 Å². The van der Waals surface area contributed by atoms with Crippen LogP contribution in [0.2, 0.25) is 0 Å². The molecule has 0 aromatic heterocycles. The predicted molar refractivity (Wildman–Crippen MR) is 112 cm³/mol. The third-order valence-corrected chi connectivity index (χ3v) is 5.82. The van der Waals surface area contributed by atoms with E-state index in [0.29, 0.717) is 30.1 Å². The lowest BCUT2D eigenvalue weighted by molar-refractivity contribution is -0.131. The number of rotatable bonds is 8. The number of carbonyl (C=O) groups is 1. The molecule has 2 aromatic carbocycles. The molecule has 0 aliphatic carbocycles. The number of carboxylic acids is 1. The van der Waals surface area contributed by atoms with E-state index in [2.05, 4.69) is 4.72 Å². The fourth-order valence-corrected chi connectivity index (χ4v) is 4.43. The van der Waals surface area contributed by atoms with E-state index < -0.39 is 16.0 Å². The molecule has 0 saturated carbocycles. The SMILES string of the molecule is CCOc1cc2c(cc1NS(=O)(=O)c1cc(/C=C/C(=O)O)ccc1OC)OC(C)C2. The van der Waals surface area contributed by atoms with Crippen LogP contribution in [0, 0.1) is 0 Å². The van der Waals surface area contributed by atoms with Crippen LogP contribution in [0.15, 0.2) is 41.3 Å². The van der Waals surface area contributed by atoms with E-state index in [4.69, 9.17) is 19.3 Å². The van der Waals surface area contributed by atoms with E-state index in [1.54, 1.807) is 18.2 Å². The van der Waals surface area contributed by atoms with Gasteiger partial charge in [-0.25, -0.2) is 13.2 Å². The highest BCUT2D eigenvalue weighted by Gasteiger charge is 2.26. The lowest BCUT2D eigenvalue weighted by Crippen LogP contribution is -2.15. The number of ether oxygens (including phenoxy) is 3. The Hall–Kier alpha value is -3.20. The molecule has 2 aromatic rings. The van der Waals surface area contributed by atoms with Crippen LogP contribution in [0.5, 0.6) is 17.2 Å². The lowest BCUT2D eigenvalue weighted by Gasteiger charge is -2.16. The highest BCUT2D eigenvalue weighted by molar-refractivity contribution is 7.92. The molecule has 3 rings (SSSR count). The minimum Gasteiger partial charge on any atom is -0.495 e. The Morgan fingerprint density at radius 2 is 2.07 bits per heavy atom. The first-order valence-electron chi connectivity index (χ1n) is 9.31. The van der Waals surface area contributed by atoms with E-state index >= 15 is 0 Å². The summed E-state index contributed by atoms with van der Waals surface area (Å²) < 4.78 is 45.4. The van der Waals surface area contributed by atoms with Gasteiger partial charge in [0.05, 0.1) is 19.4 Å². The monoisotopic (exact) mass is 433 g/mol. The molecule has 0 spiro atoms. The summed E-state index contributed by atoms with van der Waals surface area (Å²) >= 11 is 0. The van der Waals surface area contributed by atoms with Crippen molar-refractivity contribution in [1.82, 2.24) is 0 Å². The molecule has 0 amide bonds. The van der Waals surface area contributed by atoms with Crippen molar-refractivity contribution in [3.05, 3.63) is 47.5 Å². The largest absolute Gasteiger partial charge is 0.495 e. The Balaban J connectivity index is 2.02. The highest BCUT2D eigenvalue weighted by Crippen LogP contribution is 2.39. The molecule has 9 heteroatoms. The second-order valence-electron chi connectivity index (χ2n) is 6.71. The maximum Gasteiger partial charge on any atom is 0.328 e. The zero-order valence-corrected chi connectivity index (χ0v) is 17.7. The number of carboxylic acid groups (broad SMARTS) is 1. The summed E-state index contributed by atoms with van der Waals surface area (Å²) in [5, 5.41) is 8.81. The van der Waals surface area contributed by atoms with Gasteiger partial charge in [0.15, 0.2) is 0 Å². The normalized spacial score (nSPS) is 15.5. The topological polar surface area (TPSA) is 111 Å². The van der Waals surface area contributed by atoms with Gasteiger partial charge in [-0.1, -0.05) is 6.07 Å². The number of sulfonamides is 1. The third-order valence-electron chi connectivity index (χ3n) is 4.44. The van der Waals surface area contributed by atoms with Gasteiger partial charge < -0.3 is 19.3 Å². The Morgan fingerprint density at radius 3 is 2.73 bits per heavy atom. The Kier molecular flexibility index (Phi) is 6.21. The lowest BCUT2D eigenvalue weighted by atomic mass is 10.1. The zero-order chi connectivity index (χ0) is 21.9. The van der Waals surface area contributed by atoms with Gasteiger partial charge in [0.25, 0.3) is 10.0 Å². The van der Waals surface area contributed by atoms with Gasteiger partial charge in [-0.2, -0.15) is 0 Å². The molecule has 1 atom stereocenters. The molecular weight excluding hydrogens is 410 g/mol. The molecule has 2 N–H and O–H groups in total. The van der Waals surface area contributed by atoms with E-state index in [-0.39, 0.29) is 22.4 Å². The molecule has 8 nitrogen and oxygen atoms in total. The van der Waals surface area contributed by atoms with Crippen molar-refractivity contribution in [3.8, 4) is 17.2 Å². The average Bonchev–Trinajstić information content (AvgIpc) is 3.05. The smallest absolute Gasteiger partial charge is 0.328 e. The Labute approximate surface area is 175 Å². The van der Waals surface area contributed by atoms with Crippen LogP contribution in [0.3, 0.4) is 0 Å². The average molecular weight is 433 g/mol. The Bertz CT molecular complexity index is 1090. The number of hydrogen-bond donors (Lipinski definition) is 2. The second kappa shape index (κ2) is 8.66. The summed E-state index contributed by atoms with van der Waals surface area (Å²) in [6, 6.07) is 7.76. The predicted octanol–water partition coefficient (Wildman–Crippen LogP) is 3.32. The number of hydrogen-bond acceptors (Lipinski definition) is 6. The summed E-state index contributed by atoms with van der Waals surface area (Å²) in [4.78, 5) is 10.6. The van der Waals surface area contributed by atoms with Gasteiger partial charge in [-0.3, -0.25) is 4.72 Å². The van der Waals surface area contributed by atoms with Crippen LogP contribution in [-0.2, 0) is 21.2 Å². The van der Waals surface area contributed by atoms with Gasteiger partial charge in [0.1, 0.15) is 28.2 Å². The standard InChI is InChI=1S/C21H23NO7S/c1-4-28-19-11-15-9-13(2)29-18(15)12-16(19)22-30(25,26)20-10-14(6-8-21(23)24)5-7-17(20)27-3/h5-8,10-13,22H,4,9H2,1-3H3,(H,23,24)/b8-6+. The van der Waals surface area contributed by atoms with E-state index in [0.717, 1.165) is 11.6 Å². The molecule has 0 bridgehead atoms. The maximum absolute atomic E-state index is 13.2. The summed E-state index contributed by atoms with van der Waals surface area (Å²) in [5.74, 6) is -0.00628. The fraction of sp³-hybridized carbons (Fsp3) is 0.286. The number of methoxy groups -OCH3 is 1. The number of anilines is 1. The van der Waals surface area contributed by atoms with Gasteiger partial charge in [-0.15, -0.1) is 0 Å². The minimum absolute atomic E-state index is 0.000804.